The van der Waals surface area contributed by atoms with Gasteiger partial charge in [-0.25, -0.2) is 14.2 Å². The highest BCUT2D eigenvalue weighted by atomic mass is 35.5. The lowest BCUT2D eigenvalue weighted by Gasteiger charge is -2.27. The van der Waals surface area contributed by atoms with Crippen molar-refractivity contribution in [2.24, 2.45) is 0 Å². The molecule has 1 aromatic carbocycles. The molecule has 1 unspecified atom stereocenters. The van der Waals surface area contributed by atoms with E-state index in [2.05, 4.69) is 15.7 Å². The fourth-order valence-corrected chi connectivity index (χ4v) is 3.86. The Morgan fingerprint density at radius 3 is 3.00 bits per heavy atom. The molecule has 3 heterocycles. The summed E-state index contributed by atoms with van der Waals surface area (Å²) in [6.07, 6.45) is 0.571. The molecule has 2 aromatic rings. The predicted molar refractivity (Wildman–Crippen MR) is 108 cm³/mol. The van der Waals surface area contributed by atoms with Gasteiger partial charge in [0.2, 0.25) is 6.41 Å². The molecule has 0 fully saturated rings. The van der Waals surface area contributed by atoms with E-state index in [9.17, 15) is 18.8 Å². The van der Waals surface area contributed by atoms with Crippen LogP contribution < -0.4 is 10.6 Å². The zero-order valence-corrected chi connectivity index (χ0v) is 17.4. The third-order valence-electron chi connectivity index (χ3n) is 5.16. The maximum Gasteiger partial charge on any atom is 0.322 e. The van der Waals surface area contributed by atoms with Crippen LogP contribution in [0.4, 0.5) is 14.9 Å². The highest BCUT2D eigenvalue weighted by Gasteiger charge is 2.35. The number of carbonyl (C=O) groups is 3. The fraction of sp³-hybridized carbons (Fsp3) is 0.368. The van der Waals surface area contributed by atoms with Gasteiger partial charge >= 0.3 is 6.03 Å². The normalized spacial score (nSPS) is 18.2. The smallest absolute Gasteiger partial charge is 0.322 e. The third kappa shape index (κ3) is 4.19. The van der Waals surface area contributed by atoms with Gasteiger partial charge in [0.15, 0.2) is 0 Å². The largest absolute Gasteiger partial charge is 0.356 e. The molecule has 0 radical (unpaired) electrons. The molecule has 31 heavy (non-hydrogen) atoms. The van der Waals surface area contributed by atoms with Gasteiger partial charge in [-0.05, 0) is 18.2 Å². The molecule has 2 aliphatic heterocycles. The van der Waals surface area contributed by atoms with Gasteiger partial charge < -0.3 is 15.5 Å². The van der Waals surface area contributed by atoms with Crippen molar-refractivity contribution in [3.63, 3.8) is 0 Å². The van der Waals surface area contributed by atoms with Crippen LogP contribution in [0, 0.1) is 5.82 Å². The molecule has 0 saturated carbocycles. The predicted octanol–water partition coefficient (Wildman–Crippen LogP) is 1.40. The summed E-state index contributed by atoms with van der Waals surface area (Å²) >= 11 is 5.77. The number of hydroxylamine groups is 2. The first-order valence-electron chi connectivity index (χ1n) is 9.58. The summed E-state index contributed by atoms with van der Waals surface area (Å²) in [7, 11) is 1.50. The Kier molecular flexibility index (Phi) is 5.79. The number of hydrogen-bond acceptors (Lipinski definition) is 5. The molecule has 2 N–H and O–H groups in total. The topological polar surface area (TPSA) is 109 Å². The van der Waals surface area contributed by atoms with E-state index >= 15 is 0 Å². The maximum atomic E-state index is 13.3. The van der Waals surface area contributed by atoms with Crippen molar-refractivity contribution in [3.8, 4) is 0 Å². The molecule has 0 saturated heterocycles. The average Bonchev–Trinajstić information content (AvgIpc) is 3.05. The lowest BCUT2D eigenvalue weighted by Crippen LogP contribution is -2.40. The van der Waals surface area contributed by atoms with Crippen LogP contribution >= 0.6 is 11.6 Å². The summed E-state index contributed by atoms with van der Waals surface area (Å²) in [5.41, 5.74) is 2.12. The van der Waals surface area contributed by atoms with E-state index in [0.29, 0.717) is 36.3 Å². The SMILES string of the molecule is CN1OC(CNC=O)Cn2nc3c(c2C1=O)CN(C(=O)Nc1ccc(F)c(Cl)c1)CC3. The van der Waals surface area contributed by atoms with Crippen LogP contribution in [0.5, 0.6) is 0 Å². The van der Waals surface area contributed by atoms with Crippen molar-refractivity contribution < 1.29 is 23.6 Å². The minimum atomic E-state index is -0.573. The molecular weight excluding hydrogens is 431 g/mol. The summed E-state index contributed by atoms with van der Waals surface area (Å²) < 4.78 is 14.9. The van der Waals surface area contributed by atoms with Gasteiger partial charge in [-0.15, -0.1) is 0 Å². The number of halogens is 2. The third-order valence-corrected chi connectivity index (χ3v) is 5.45. The van der Waals surface area contributed by atoms with E-state index in [-0.39, 0.29) is 30.6 Å². The highest BCUT2D eigenvalue weighted by molar-refractivity contribution is 6.31. The van der Waals surface area contributed by atoms with Crippen molar-refractivity contribution in [2.45, 2.75) is 25.6 Å². The second kappa shape index (κ2) is 8.52. The molecule has 0 aliphatic carbocycles. The molecule has 0 bridgehead atoms. The second-order valence-electron chi connectivity index (χ2n) is 7.24. The number of nitrogens with one attached hydrogen (secondary N) is 2. The number of nitrogens with zero attached hydrogens (tertiary/aromatic N) is 4. The molecule has 12 heteroatoms. The molecule has 164 valence electrons. The van der Waals surface area contributed by atoms with Crippen molar-refractivity contribution in [1.82, 2.24) is 25.1 Å². The lowest BCUT2D eigenvalue weighted by atomic mass is 10.1. The Hall–Kier alpha value is -3.18. The first kappa shape index (κ1) is 21.1. The van der Waals surface area contributed by atoms with Crippen molar-refractivity contribution >= 4 is 35.6 Å². The van der Waals surface area contributed by atoms with Gasteiger partial charge in [-0.1, -0.05) is 11.6 Å². The zero-order chi connectivity index (χ0) is 22.1. The van der Waals surface area contributed by atoms with E-state index in [1.807, 2.05) is 0 Å². The van der Waals surface area contributed by atoms with Crippen LogP contribution in [0.15, 0.2) is 18.2 Å². The van der Waals surface area contributed by atoms with Crippen LogP contribution in [0.25, 0.3) is 0 Å². The second-order valence-corrected chi connectivity index (χ2v) is 7.65. The average molecular weight is 451 g/mol. The molecular formula is C19H20ClFN6O4. The Bertz CT molecular complexity index is 1040. The van der Waals surface area contributed by atoms with Crippen LogP contribution in [-0.4, -0.2) is 64.3 Å². The fourth-order valence-electron chi connectivity index (χ4n) is 3.68. The molecule has 0 spiro atoms. The highest BCUT2D eigenvalue weighted by Crippen LogP contribution is 2.27. The zero-order valence-electron chi connectivity index (χ0n) is 16.6. The Morgan fingerprint density at radius 2 is 2.26 bits per heavy atom. The van der Waals surface area contributed by atoms with Crippen molar-refractivity contribution in [1.29, 1.82) is 0 Å². The molecule has 4 amide bonds. The molecule has 4 rings (SSSR count). The van der Waals surface area contributed by atoms with Gasteiger partial charge in [0.25, 0.3) is 5.91 Å². The first-order chi connectivity index (χ1) is 14.9. The van der Waals surface area contributed by atoms with E-state index in [1.165, 1.54) is 25.2 Å². The molecule has 10 nitrogen and oxygen atoms in total. The van der Waals surface area contributed by atoms with Crippen LogP contribution in [0.2, 0.25) is 5.02 Å². The monoisotopic (exact) mass is 450 g/mol. The minimum absolute atomic E-state index is 0.0899. The lowest BCUT2D eigenvalue weighted by molar-refractivity contribution is -0.147. The quantitative estimate of drug-likeness (QED) is 0.684. The number of fused-ring (bicyclic) bond motifs is 3. The number of hydrogen-bond donors (Lipinski definition) is 2. The number of amides is 4. The van der Waals surface area contributed by atoms with Gasteiger partial charge in [-0.3, -0.25) is 19.1 Å². The first-order valence-corrected chi connectivity index (χ1v) is 9.96. The summed E-state index contributed by atoms with van der Waals surface area (Å²) in [4.78, 5) is 43.4. The van der Waals surface area contributed by atoms with Gasteiger partial charge in [0.1, 0.15) is 17.6 Å². The summed E-state index contributed by atoms with van der Waals surface area (Å²) in [6.45, 7) is 1.09. The minimum Gasteiger partial charge on any atom is -0.356 e. The van der Waals surface area contributed by atoms with E-state index in [1.54, 1.807) is 9.58 Å². The summed E-state index contributed by atoms with van der Waals surface area (Å²) in [5.74, 6) is -0.953. The number of benzene rings is 1. The van der Waals surface area contributed by atoms with E-state index < -0.39 is 18.0 Å². The van der Waals surface area contributed by atoms with Crippen LogP contribution in [-0.2, 0) is 29.1 Å². The Balaban J connectivity index is 1.55. The number of anilines is 1. The molecule has 1 atom stereocenters. The number of rotatable bonds is 4. The molecule has 2 aliphatic rings. The number of carbonyl (C=O) groups excluding carboxylic acids is 3. The summed E-state index contributed by atoms with van der Waals surface area (Å²) in [5, 5.41) is 10.8. The Labute approximate surface area is 181 Å². The van der Waals surface area contributed by atoms with E-state index in [0.717, 1.165) is 10.8 Å². The Morgan fingerprint density at radius 1 is 1.45 bits per heavy atom. The maximum absolute atomic E-state index is 13.3. The number of aromatic nitrogens is 2. The summed E-state index contributed by atoms with van der Waals surface area (Å²) in [6, 6.07) is 3.53. The number of urea groups is 1. The van der Waals surface area contributed by atoms with Gasteiger partial charge in [-0.2, -0.15) is 5.10 Å². The van der Waals surface area contributed by atoms with Gasteiger partial charge in [0, 0.05) is 37.8 Å². The van der Waals surface area contributed by atoms with Gasteiger partial charge in [0.05, 0.1) is 23.8 Å². The van der Waals surface area contributed by atoms with Crippen molar-refractivity contribution in [3.05, 3.63) is 46.0 Å². The van der Waals surface area contributed by atoms with Crippen LogP contribution in [0.3, 0.4) is 0 Å². The molecule has 1 aromatic heterocycles. The standard InChI is InChI=1S/C19H20ClFN6O4/c1-25-18(29)17-13-9-26(19(30)23-11-2-3-15(21)14(20)6-11)5-4-16(13)24-27(17)8-12(31-25)7-22-10-28/h2-3,6,10,12H,4-5,7-9H2,1H3,(H,22,28)(H,23,30). The van der Waals surface area contributed by atoms with E-state index in [4.69, 9.17) is 16.4 Å². The van der Waals surface area contributed by atoms with Crippen molar-refractivity contribution in [2.75, 3.05) is 25.5 Å². The van der Waals surface area contributed by atoms with Crippen LogP contribution in [0.1, 0.15) is 21.7 Å².